The van der Waals surface area contributed by atoms with Gasteiger partial charge in [0.2, 0.25) is 11.8 Å². The maximum Gasteiger partial charge on any atom is 0.435 e. The number of hydrogen-bond acceptors (Lipinski definition) is 7. The summed E-state index contributed by atoms with van der Waals surface area (Å²) in [5.41, 5.74) is -4.61. The lowest BCUT2D eigenvalue weighted by molar-refractivity contribution is -0.142. The number of benzene rings is 1. The maximum atomic E-state index is 14.5. The van der Waals surface area contributed by atoms with E-state index in [0.29, 0.717) is 0 Å². The minimum atomic E-state index is -4.95. The third kappa shape index (κ3) is 5.38. The van der Waals surface area contributed by atoms with E-state index in [0.717, 1.165) is 6.92 Å². The number of alkyl halides is 4. The molecule has 196 valence electrons. The van der Waals surface area contributed by atoms with E-state index in [-0.39, 0.29) is 34.6 Å². The number of aromatic nitrogens is 3. The number of amides is 1. The molecule has 1 saturated carbocycles. The van der Waals surface area contributed by atoms with Crippen LogP contribution in [0.1, 0.15) is 45.6 Å². The number of carbonyl (C=O) groups is 1. The summed E-state index contributed by atoms with van der Waals surface area (Å²) in [6.07, 6.45) is -3.52. The normalized spacial score (nSPS) is 16.1. The molecule has 1 aliphatic carbocycles. The summed E-state index contributed by atoms with van der Waals surface area (Å²) in [4.78, 5) is 16.8. The first-order valence-electron chi connectivity index (χ1n) is 10.7. The van der Waals surface area contributed by atoms with Crippen molar-refractivity contribution in [3.8, 4) is 11.8 Å². The molecule has 3 aromatic rings. The molecule has 1 atom stereocenters. The van der Waals surface area contributed by atoms with E-state index in [2.05, 4.69) is 20.5 Å². The van der Waals surface area contributed by atoms with Gasteiger partial charge in [0, 0.05) is 28.0 Å². The Bertz CT molecular complexity index is 1520. The minimum absolute atomic E-state index is 0.0439. The molecule has 8 nitrogen and oxygen atoms in total. The van der Waals surface area contributed by atoms with Gasteiger partial charge < -0.3 is 10.1 Å². The smallest absolute Gasteiger partial charge is 0.418 e. The molecule has 2 aromatic heterocycles. The number of pyridine rings is 1. The molecular formula is C23H20F5N5O3S. The quantitative estimate of drug-likeness (QED) is 0.306. The summed E-state index contributed by atoms with van der Waals surface area (Å²) < 4.78 is 94.6. The molecule has 1 aromatic carbocycles. The van der Waals surface area contributed by atoms with E-state index in [1.807, 2.05) is 0 Å². The molecule has 1 amide bonds. The van der Waals surface area contributed by atoms with Crippen molar-refractivity contribution in [2.24, 2.45) is 0 Å². The van der Waals surface area contributed by atoms with Gasteiger partial charge in [-0.1, -0.05) is 6.07 Å². The number of ether oxygens (including phenoxy) is 1. The molecule has 0 radical (unpaired) electrons. The molecule has 2 N–H and O–H groups in total. The van der Waals surface area contributed by atoms with Crippen LogP contribution in [0.5, 0.6) is 11.8 Å². The van der Waals surface area contributed by atoms with Gasteiger partial charge in [0.15, 0.2) is 5.69 Å². The van der Waals surface area contributed by atoms with Crippen molar-refractivity contribution in [3.05, 3.63) is 64.2 Å². The van der Waals surface area contributed by atoms with Crippen LogP contribution in [-0.4, -0.2) is 31.6 Å². The Labute approximate surface area is 208 Å². The zero-order valence-electron chi connectivity index (χ0n) is 19.7. The highest BCUT2D eigenvalue weighted by molar-refractivity contribution is 7.91. The van der Waals surface area contributed by atoms with E-state index in [1.165, 1.54) is 43.5 Å². The minimum Gasteiger partial charge on any atom is -0.418 e. The maximum absolute atomic E-state index is 14.5. The van der Waals surface area contributed by atoms with Crippen LogP contribution in [0.15, 0.2) is 35.2 Å². The van der Waals surface area contributed by atoms with Gasteiger partial charge in [-0.05, 0) is 56.5 Å². The fraction of sp³-hybridized carbons (Fsp3) is 0.304. The predicted molar refractivity (Wildman–Crippen MR) is 122 cm³/mol. The number of nitrogens with zero attached hydrogens (tertiary/aromatic N) is 3. The summed E-state index contributed by atoms with van der Waals surface area (Å²) >= 11 is 0. The molecule has 14 heteroatoms. The van der Waals surface area contributed by atoms with Gasteiger partial charge >= 0.3 is 6.18 Å². The van der Waals surface area contributed by atoms with Crippen LogP contribution < -0.4 is 10.1 Å². The van der Waals surface area contributed by atoms with Gasteiger partial charge in [0.25, 0.3) is 11.8 Å². The van der Waals surface area contributed by atoms with Gasteiger partial charge in [-0.25, -0.2) is 13.4 Å². The van der Waals surface area contributed by atoms with Crippen LogP contribution in [0, 0.1) is 24.6 Å². The van der Waals surface area contributed by atoms with Crippen molar-refractivity contribution < 1.29 is 35.7 Å². The van der Waals surface area contributed by atoms with Crippen molar-refractivity contribution in [2.75, 3.05) is 11.6 Å². The number of hydrogen-bond donors (Lipinski definition) is 2. The van der Waals surface area contributed by atoms with E-state index in [9.17, 15) is 31.0 Å². The standard InChI is InChI=1S/C23H20F5N5O3S/c1-11-9-15(22(25)7-8-22)18(24)31-20(11)36-21-16(12(2)17(32-33-21)23(26,27)28)19(34)30-13-5-4-6-14(10-13)37(3,29)35/h4-6,9-10,29H,7-8H2,1-3H3,(H,30,34). The lowest BCUT2D eigenvalue weighted by atomic mass is 10.1. The number of carbonyl (C=O) groups excluding carboxylic acids is 1. The van der Waals surface area contributed by atoms with Crippen LogP contribution in [-0.2, 0) is 21.6 Å². The average Bonchev–Trinajstić information content (AvgIpc) is 3.53. The lowest BCUT2D eigenvalue weighted by Crippen LogP contribution is -2.21. The van der Waals surface area contributed by atoms with Gasteiger partial charge in [0.1, 0.15) is 11.2 Å². The molecule has 1 fully saturated rings. The zero-order chi connectivity index (χ0) is 27.3. The SMILES string of the molecule is Cc1cc(C2(F)CC2)c(F)nc1Oc1nnc(C(F)(F)F)c(C)c1C(=O)Nc1cccc(S(C)(=N)=O)c1. The molecular weight excluding hydrogens is 521 g/mol. The molecule has 37 heavy (non-hydrogen) atoms. The van der Waals surface area contributed by atoms with E-state index in [1.54, 1.807) is 0 Å². The second-order valence-electron chi connectivity index (χ2n) is 8.69. The first-order valence-corrected chi connectivity index (χ1v) is 12.7. The fourth-order valence-corrected chi connectivity index (χ4v) is 4.27. The van der Waals surface area contributed by atoms with Crippen molar-refractivity contribution >= 4 is 21.3 Å². The highest BCUT2D eigenvalue weighted by Gasteiger charge is 2.47. The highest BCUT2D eigenvalue weighted by atomic mass is 32.2. The summed E-state index contributed by atoms with van der Waals surface area (Å²) in [7, 11) is -3.14. The molecule has 0 aliphatic heterocycles. The Balaban J connectivity index is 1.76. The fourth-order valence-electron chi connectivity index (χ4n) is 3.58. The highest BCUT2D eigenvalue weighted by Crippen LogP contribution is 2.50. The molecule has 2 heterocycles. The number of halogens is 5. The van der Waals surface area contributed by atoms with Gasteiger partial charge in [-0.3, -0.25) is 4.79 Å². The third-order valence-corrected chi connectivity index (χ3v) is 6.86. The predicted octanol–water partition coefficient (Wildman–Crippen LogP) is 5.69. The van der Waals surface area contributed by atoms with Crippen LogP contribution in [0.4, 0.5) is 27.6 Å². The Hall–Kier alpha value is -3.68. The average molecular weight is 542 g/mol. The monoisotopic (exact) mass is 541 g/mol. The number of aryl methyl sites for hydroxylation is 1. The number of nitrogens with one attached hydrogen (secondary N) is 2. The zero-order valence-corrected chi connectivity index (χ0v) is 20.5. The molecule has 1 unspecified atom stereocenters. The first kappa shape index (κ1) is 26.4. The van der Waals surface area contributed by atoms with E-state index >= 15 is 0 Å². The van der Waals surface area contributed by atoms with Gasteiger partial charge in [-0.15, -0.1) is 10.2 Å². The van der Waals surface area contributed by atoms with E-state index in [4.69, 9.17) is 9.52 Å². The topological polar surface area (TPSA) is 118 Å². The summed E-state index contributed by atoms with van der Waals surface area (Å²) in [5, 5.41) is 8.92. The van der Waals surface area contributed by atoms with Crippen molar-refractivity contribution in [3.63, 3.8) is 0 Å². The van der Waals surface area contributed by atoms with Gasteiger partial charge in [0.05, 0.1) is 9.73 Å². The van der Waals surface area contributed by atoms with E-state index < -0.39 is 62.0 Å². The second-order valence-corrected chi connectivity index (χ2v) is 10.9. The summed E-state index contributed by atoms with van der Waals surface area (Å²) in [5.74, 6) is -3.37. The molecule has 1 aliphatic rings. The lowest BCUT2D eigenvalue weighted by Gasteiger charge is -2.17. The Morgan fingerprint density at radius 1 is 1.16 bits per heavy atom. The third-order valence-electron chi connectivity index (χ3n) is 5.71. The molecule has 0 bridgehead atoms. The summed E-state index contributed by atoms with van der Waals surface area (Å²) in [6.45, 7) is 2.41. The number of anilines is 1. The molecule has 4 rings (SSSR count). The second kappa shape index (κ2) is 9.01. The van der Waals surface area contributed by atoms with Crippen LogP contribution in [0.25, 0.3) is 0 Å². The Morgan fingerprint density at radius 2 is 1.84 bits per heavy atom. The van der Waals surface area contributed by atoms with Gasteiger partial charge in [-0.2, -0.15) is 22.5 Å². The van der Waals surface area contributed by atoms with Crippen LogP contribution in [0.3, 0.4) is 0 Å². The Kier molecular flexibility index (Phi) is 6.42. The number of rotatable bonds is 6. The van der Waals surface area contributed by atoms with Crippen molar-refractivity contribution in [2.45, 2.75) is 43.4 Å². The first-order chi connectivity index (χ1) is 17.1. The largest absolute Gasteiger partial charge is 0.435 e. The van der Waals surface area contributed by atoms with Crippen molar-refractivity contribution in [1.29, 1.82) is 4.78 Å². The molecule has 0 saturated heterocycles. The molecule has 0 spiro atoms. The Morgan fingerprint density at radius 3 is 2.43 bits per heavy atom. The summed E-state index contributed by atoms with van der Waals surface area (Å²) in [6, 6.07) is 6.62. The van der Waals surface area contributed by atoms with Crippen LogP contribution >= 0.6 is 0 Å². The van der Waals surface area contributed by atoms with Crippen LogP contribution in [0.2, 0.25) is 0 Å². The van der Waals surface area contributed by atoms with Crippen molar-refractivity contribution in [1.82, 2.24) is 15.2 Å².